The number of aromatic nitrogens is 2. The van der Waals surface area contributed by atoms with E-state index in [0.717, 1.165) is 28.2 Å². The first-order valence-corrected chi connectivity index (χ1v) is 10.3. The zero-order valence-electron chi connectivity index (χ0n) is 16.7. The van der Waals surface area contributed by atoms with E-state index < -0.39 is 0 Å². The summed E-state index contributed by atoms with van der Waals surface area (Å²) in [5, 5.41) is 8.60. The number of carbonyl (C=O) groups excluding carboxylic acids is 1. The molecule has 3 aromatic rings. The van der Waals surface area contributed by atoms with Crippen LogP contribution < -0.4 is 14.8 Å². The number of nitrogens with zero attached hydrogens (tertiary/aromatic N) is 2. The average Bonchev–Trinajstić information content (AvgIpc) is 3.00. The van der Waals surface area contributed by atoms with Crippen molar-refractivity contribution < 1.29 is 14.3 Å². The van der Waals surface area contributed by atoms with E-state index in [9.17, 15) is 4.79 Å². The van der Waals surface area contributed by atoms with E-state index in [2.05, 4.69) is 10.4 Å². The van der Waals surface area contributed by atoms with Crippen molar-refractivity contribution in [3.63, 3.8) is 0 Å². The third-order valence-corrected chi connectivity index (χ3v) is 5.58. The van der Waals surface area contributed by atoms with Gasteiger partial charge in [0.05, 0.1) is 22.8 Å². The molecule has 0 bridgehead atoms. The first-order valence-electron chi connectivity index (χ1n) is 9.58. The van der Waals surface area contributed by atoms with Gasteiger partial charge in [0.1, 0.15) is 13.2 Å². The van der Waals surface area contributed by atoms with Crippen LogP contribution in [0.25, 0.3) is 5.69 Å². The fourth-order valence-corrected chi connectivity index (χ4v) is 4.00. The summed E-state index contributed by atoms with van der Waals surface area (Å²) in [6.45, 7) is 5.20. The lowest BCUT2D eigenvalue weighted by molar-refractivity contribution is -0.120. The number of amides is 1. The molecule has 1 N–H and O–H groups in total. The van der Waals surface area contributed by atoms with Gasteiger partial charge in [-0.1, -0.05) is 35.3 Å². The van der Waals surface area contributed by atoms with E-state index >= 15 is 0 Å². The summed E-state index contributed by atoms with van der Waals surface area (Å²) in [4.78, 5) is 12.7. The van der Waals surface area contributed by atoms with Crippen LogP contribution in [0.15, 0.2) is 36.4 Å². The molecule has 2 heterocycles. The van der Waals surface area contributed by atoms with Crippen molar-refractivity contribution in [1.82, 2.24) is 15.1 Å². The van der Waals surface area contributed by atoms with Crippen LogP contribution in [0.2, 0.25) is 10.0 Å². The summed E-state index contributed by atoms with van der Waals surface area (Å²) in [6.07, 6.45) is 0.218. The quantitative estimate of drug-likeness (QED) is 0.630. The number of benzene rings is 2. The van der Waals surface area contributed by atoms with Crippen LogP contribution in [0, 0.1) is 13.8 Å². The monoisotopic (exact) mass is 445 g/mol. The predicted octanol–water partition coefficient (Wildman–Crippen LogP) is 4.43. The van der Waals surface area contributed by atoms with Crippen molar-refractivity contribution >= 4 is 29.1 Å². The number of nitrogens with one attached hydrogen (secondary N) is 1. The number of fused-ring (bicyclic) bond motifs is 1. The third-order valence-electron chi connectivity index (χ3n) is 5.04. The van der Waals surface area contributed by atoms with Crippen molar-refractivity contribution in [3.05, 3.63) is 69.0 Å². The van der Waals surface area contributed by atoms with Gasteiger partial charge in [0.15, 0.2) is 11.5 Å². The number of carbonyl (C=O) groups is 1. The van der Waals surface area contributed by atoms with Gasteiger partial charge in [-0.3, -0.25) is 4.79 Å². The van der Waals surface area contributed by atoms with E-state index in [4.69, 9.17) is 32.7 Å². The zero-order chi connectivity index (χ0) is 21.3. The Kier molecular flexibility index (Phi) is 5.88. The topological polar surface area (TPSA) is 65.4 Å². The Morgan fingerprint density at radius 3 is 2.77 bits per heavy atom. The molecular formula is C22H21Cl2N3O3. The summed E-state index contributed by atoms with van der Waals surface area (Å²) in [5.41, 5.74) is 4.12. The molecule has 0 aliphatic carbocycles. The van der Waals surface area contributed by atoms with E-state index in [-0.39, 0.29) is 12.3 Å². The molecule has 0 saturated heterocycles. The maximum atomic E-state index is 12.7. The molecule has 4 rings (SSSR count). The molecule has 0 atom stereocenters. The molecule has 1 amide bonds. The van der Waals surface area contributed by atoms with Gasteiger partial charge in [-0.05, 0) is 38.1 Å². The zero-order valence-corrected chi connectivity index (χ0v) is 18.2. The summed E-state index contributed by atoms with van der Waals surface area (Å²) in [7, 11) is 0. The molecule has 0 spiro atoms. The van der Waals surface area contributed by atoms with Gasteiger partial charge in [0.25, 0.3) is 0 Å². The van der Waals surface area contributed by atoms with E-state index in [1.54, 1.807) is 16.8 Å². The number of halogens is 2. The number of para-hydroxylation sites is 1. The van der Waals surface area contributed by atoms with Gasteiger partial charge in [0, 0.05) is 28.4 Å². The number of ether oxygens (including phenoxy) is 2. The summed E-state index contributed by atoms with van der Waals surface area (Å²) in [5.74, 6) is 1.31. The van der Waals surface area contributed by atoms with Gasteiger partial charge < -0.3 is 14.8 Å². The summed E-state index contributed by atoms with van der Waals surface area (Å²) in [6, 6.07) is 10.9. The molecule has 0 fully saturated rings. The molecule has 30 heavy (non-hydrogen) atoms. The normalized spacial score (nSPS) is 12.7. The molecule has 0 unspecified atom stereocenters. The highest BCUT2D eigenvalue weighted by atomic mass is 35.5. The van der Waals surface area contributed by atoms with E-state index in [0.29, 0.717) is 41.3 Å². The minimum atomic E-state index is -0.0997. The first-order chi connectivity index (χ1) is 14.4. The Morgan fingerprint density at radius 1 is 1.17 bits per heavy atom. The Balaban J connectivity index is 1.48. The highest BCUT2D eigenvalue weighted by Gasteiger charge is 2.19. The fraction of sp³-hybridized carbons (Fsp3) is 0.273. The molecule has 1 aliphatic rings. The van der Waals surface area contributed by atoms with Crippen LogP contribution in [0.4, 0.5) is 0 Å². The van der Waals surface area contributed by atoms with Crippen LogP contribution in [0.5, 0.6) is 11.5 Å². The lowest BCUT2D eigenvalue weighted by Gasteiger charge is -2.21. The second kappa shape index (κ2) is 8.58. The highest BCUT2D eigenvalue weighted by molar-refractivity contribution is 6.35. The summed E-state index contributed by atoms with van der Waals surface area (Å²) >= 11 is 12.3. The third kappa shape index (κ3) is 4.11. The fourth-order valence-electron chi connectivity index (χ4n) is 3.51. The number of hydrogen-bond donors (Lipinski definition) is 1. The van der Waals surface area contributed by atoms with E-state index in [1.807, 2.05) is 38.1 Å². The van der Waals surface area contributed by atoms with Crippen LogP contribution in [0.3, 0.4) is 0 Å². The van der Waals surface area contributed by atoms with Crippen molar-refractivity contribution in [2.45, 2.75) is 26.8 Å². The van der Waals surface area contributed by atoms with Crippen molar-refractivity contribution in [2.24, 2.45) is 0 Å². The van der Waals surface area contributed by atoms with Crippen molar-refractivity contribution in [3.8, 4) is 17.2 Å². The van der Waals surface area contributed by atoms with Crippen molar-refractivity contribution in [1.29, 1.82) is 0 Å². The maximum Gasteiger partial charge on any atom is 0.224 e. The first kappa shape index (κ1) is 20.6. The molecule has 1 aliphatic heterocycles. The van der Waals surface area contributed by atoms with Gasteiger partial charge in [-0.2, -0.15) is 5.10 Å². The molecule has 0 saturated carbocycles. The van der Waals surface area contributed by atoms with Gasteiger partial charge in [-0.25, -0.2) is 4.68 Å². The molecule has 156 valence electrons. The number of hydrogen-bond acceptors (Lipinski definition) is 4. The molecule has 2 aromatic carbocycles. The standard InChI is InChI=1S/C22H21Cl2N3O3/c1-13-17(14(2)27(26-13)19-7-6-16(23)10-18(19)24)11-21(28)25-12-15-4-3-5-20-22(15)30-9-8-29-20/h3-7,10H,8-9,11-12H2,1-2H3,(H,25,28). The Hall–Kier alpha value is -2.70. The van der Waals surface area contributed by atoms with Crippen LogP contribution >= 0.6 is 23.2 Å². The summed E-state index contributed by atoms with van der Waals surface area (Å²) < 4.78 is 13.0. The highest BCUT2D eigenvalue weighted by Crippen LogP contribution is 2.33. The average molecular weight is 446 g/mol. The number of rotatable bonds is 5. The molecule has 0 radical (unpaired) electrons. The molecule has 6 nitrogen and oxygen atoms in total. The van der Waals surface area contributed by atoms with Crippen molar-refractivity contribution in [2.75, 3.05) is 13.2 Å². The van der Waals surface area contributed by atoms with Gasteiger partial charge in [0.2, 0.25) is 5.91 Å². The lowest BCUT2D eigenvalue weighted by Crippen LogP contribution is -2.26. The SMILES string of the molecule is Cc1nn(-c2ccc(Cl)cc2Cl)c(C)c1CC(=O)NCc1cccc2c1OCCO2. The Bertz CT molecular complexity index is 1110. The van der Waals surface area contributed by atoms with Crippen LogP contribution in [0.1, 0.15) is 22.5 Å². The van der Waals surface area contributed by atoms with Gasteiger partial charge >= 0.3 is 0 Å². The molecule has 8 heteroatoms. The van der Waals surface area contributed by atoms with Crippen LogP contribution in [-0.2, 0) is 17.8 Å². The minimum Gasteiger partial charge on any atom is -0.486 e. The largest absolute Gasteiger partial charge is 0.486 e. The Morgan fingerprint density at radius 2 is 1.97 bits per heavy atom. The maximum absolute atomic E-state index is 12.7. The second-order valence-electron chi connectivity index (χ2n) is 7.05. The molecule has 1 aromatic heterocycles. The van der Waals surface area contributed by atoms with Gasteiger partial charge in [-0.15, -0.1) is 0 Å². The van der Waals surface area contributed by atoms with E-state index in [1.165, 1.54) is 0 Å². The second-order valence-corrected chi connectivity index (χ2v) is 7.90. The predicted molar refractivity (Wildman–Crippen MR) is 116 cm³/mol. The Labute approximate surface area is 184 Å². The smallest absolute Gasteiger partial charge is 0.224 e. The minimum absolute atomic E-state index is 0.0997. The number of aryl methyl sites for hydroxylation is 1. The van der Waals surface area contributed by atoms with Crippen LogP contribution in [-0.4, -0.2) is 28.9 Å². The lowest BCUT2D eigenvalue weighted by atomic mass is 10.1. The molecular weight excluding hydrogens is 425 g/mol.